The molecule has 0 spiro atoms. The highest BCUT2D eigenvalue weighted by molar-refractivity contribution is 5.20. The third-order valence-electron chi connectivity index (χ3n) is 7.57. The number of rotatable bonds is 3. The minimum absolute atomic E-state index is 0.0229. The predicted molar refractivity (Wildman–Crippen MR) is 102 cm³/mol. The van der Waals surface area contributed by atoms with E-state index in [-0.39, 0.29) is 11.3 Å². The molecule has 1 heterocycles. The van der Waals surface area contributed by atoms with Crippen LogP contribution >= 0.6 is 0 Å². The van der Waals surface area contributed by atoms with E-state index in [2.05, 4.69) is 20.8 Å². The Morgan fingerprint density at radius 1 is 1.07 bits per heavy atom. The Morgan fingerprint density at radius 3 is 2.36 bits per heavy atom. The molecule has 1 saturated heterocycles. The maximum absolute atomic E-state index is 10.8. The summed E-state index contributed by atoms with van der Waals surface area (Å²) in [4.78, 5) is 0. The van der Waals surface area contributed by atoms with E-state index in [4.69, 9.17) is 9.47 Å². The van der Waals surface area contributed by atoms with Crippen LogP contribution in [0.2, 0.25) is 0 Å². The highest BCUT2D eigenvalue weighted by atomic mass is 16.7. The molecule has 2 saturated carbocycles. The van der Waals surface area contributed by atoms with E-state index in [1.807, 2.05) is 6.92 Å². The molecule has 1 aliphatic heterocycles. The van der Waals surface area contributed by atoms with E-state index < -0.39 is 49.0 Å². The van der Waals surface area contributed by atoms with Crippen LogP contribution in [0.15, 0.2) is 11.1 Å². The molecule has 7 heteroatoms. The Bertz CT molecular complexity index is 602. The number of hydrogen-bond donors (Lipinski definition) is 5. The zero-order chi connectivity index (χ0) is 20.9. The van der Waals surface area contributed by atoms with Crippen LogP contribution in [0.3, 0.4) is 0 Å². The lowest BCUT2D eigenvalue weighted by molar-refractivity contribution is -0.342. The molecule has 28 heavy (non-hydrogen) atoms. The van der Waals surface area contributed by atoms with Crippen molar-refractivity contribution in [1.82, 2.24) is 0 Å². The lowest BCUT2D eigenvalue weighted by atomic mass is 9.53. The molecule has 0 radical (unpaired) electrons. The van der Waals surface area contributed by atoms with Crippen LogP contribution in [0, 0.1) is 11.3 Å². The molecule has 5 N–H and O–H groups in total. The average Bonchev–Trinajstić information content (AvgIpc) is 2.65. The summed E-state index contributed by atoms with van der Waals surface area (Å²) in [5.74, 6) is 0.0229. The van der Waals surface area contributed by atoms with Crippen molar-refractivity contribution < 1.29 is 35.0 Å². The van der Waals surface area contributed by atoms with E-state index >= 15 is 0 Å². The Kier molecular flexibility index (Phi) is 6.29. The highest BCUT2D eigenvalue weighted by Crippen LogP contribution is 2.57. The van der Waals surface area contributed by atoms with Gasteiger partial charge >= 0.3 is 0 Å². The van der Waals surface area contributed by atoms with Crippen molar-refractivity contribution in [3.8, 4) is 0 Å². The number of aliphatic hydroxyl groups excluding tert-OH is 5. The van der Waals surface area contributed by atoms with Crippen LogP contribution in [-0.2, 0) is 9.47 Å². The Labute approximate surface area is 167 Å². The molecule has 0 aromatic heterocycles. The third kappa shape index (κ3) is 3.67. The number of aliphatic hydroxyl groups is 5. The summed E-state index contributed by atoms with van der Waals surface area (Å²) in [7, 11) is 0. The number of hydrogen-bond acceptors (Lipinski definition) is 7. The van der Waals surface area contributed by atoms with Gasteiger partial charge in [-0.05, 0) is 64.2 Å². The fraction of sp³-hybridized carbons (Fsp3) is 0.905. The SMILES string of the molecule is CC(C)=C1CC[C@]2(C)[C@@H](O)CC[C@](C)(O[C@@H]3O[C@H](CO)[C@@H](O)[C@H](O)[C@H]3O)[C@H]2C1. The largest absolute Gasteiger partial charge is 0.394 e. The third-order valence-corrected chi connectivity index (χ3v) is 7.57. The van der Waals surface area contributed by atoms with Crippen LogP contribution in [0.4, 0.5) is 0 Å². The molecule has 162 valence electrons. The van der Waals surface area contributed by atoms with Gasteiger partial charge in [0.2, 0.25) is 0 Å². The second-order valence-corrected chi connectivity index (χ2v) is 9.55. The van der Waals surface area contributed by atoms with Crippen LogP contribution in [-0.4, -0.2) is 74.6 Å². The fourth-order valence-electron chi connectivity index (χ4n) is 5.44. The van der Waals surface area contributed by atoms with Gasteiger partial charge in [0.25, 0.3) is 0 Å². The van der Waals surface area contributed by atoms with E-state index in [0.717, 1.165) is 19.3 Å². The summed E-state index contributed by atoms with van der Waals surface area (Å²) in [6.07, 6.45) is -3.02. The van der Waals surface area contributed by atoms with Crippen molar-refractivity contribution >= 4 is 0 Å². The summed E-state index contributed by atoms with van der Waals surface area (Å²) in [5, 5.41) is 50.8. The molecule has 0 aromatic carbocycles. The molecular formula is C21H36O7. The van der Waals surface area contributed by atoms with Gasteiger partial charge in [-0.25, -0.2) is 0 Å². The molecule has 3 rings (SSSR count). The van der Waals surface area contributed by atoms with Gasteiger partial charge in [-0.15, -0.1) is 0 Å². The molecule has 3 fully saturated rings. The molecule has 9 atom stereocenters. The molecule has 0 unspecified atom stereocenters. The van der Waals surface area contributed by atoms with Gasteiger partial charge < -0.3 is 35.0 Å². The van der Waals surface area contributed by atoms with Gasteiger partial charge in [0.15, 0.2) is 6.29 Å². The van der Waals surface area contributed by atoms with Gasteiger partial charge in [-0.2, -0.15) is 0 Å². The van der Waals surface area contributed by atoms with Crippen molar-refractivity contribution in [1.29, 1.82) is 0 Å². The molecule has 0 amide bonds. The Balaban J connectivity index is 1.87. The topological polar surface area (TPSA) is 120 Å². The van der Waals surface area contributed by atoms with E-state index in [1.54, 1.807) is 0 Å². The van der Waals surface area contributed by atoms with E-state index in [9.17, 15) is 25.5 Å². The van der Waals surface area contributed by atoms with Crippen LogP contribution < -0.4 is 0 Å². The second kappa shape index (κ2) is 7.95. The zero-order valence-electron chi connectivity index (χ0n) is 17.3. The average molecular weight is 401 g/mol. The smallest absolute Gasteiger partial charge is 0.187 e. The first-order valence-corrected chi connectivity index (χ1v) is 10.3. The highest BCUT2D eigenvalue weighted by Gasteiger charge is 2.57. The van der Waals surface area contributed by atoms with Gasteiger partial charge in [-0.1, -0.05) is 18.1 Å². The van der Waals surface area contributed by atoms with Gasteiger partial charge in [0, 0.05) is 0 Å². The summed E-state index contributed by atoms with van der Waals surface area (Å²) in [5.41, 5.74) is 1.68. The summed E-state index contributed by atoms with van der Waals surface area (Å²) < 4.78 is 11.9. The van der Waals surface area contributed by atoms with Crippen LogP contribution in [0.25, 0.3) is 0 Å². The summed E-state index contributed by atoms with van der Waals surface area (Å²) in [6, 6.07) is 0. The van der Waals surface area contributed by atoms with E-state index in [0.29, 0.717) is 12.8 Å². The number of ether oxygens (including phenoxy) is 2. The first kappa shape index (κ1) is 22.2. The molecular weight excluding hydrogens is 364 g/mol. The first-order valence-electron chi connectivity index (χ1n) is 10.3. The Morgan fingerprint density at radius 2 is 1.75 bits per heavy atom. The molecule has 0 aromatic rings. The fourth-order valence-corrected chi connectivity index (χ4v) is 5.44. The number of allylic oxidation sites excluding steroid dienone is 2. The lowest BCUT2D eigenvalue weighted by Crippen LogP contribution is -2.64. The van der Waals surface area contributed by atoms with Crippen LogP contribution in [0.1, 0.15) is 59.8 Å². The molecule has 2 aliphatic carbocycles. The molecule has 3 aliphatic rings. The first-order chi connectivity index (χ1) is 13.0. The Hall–Kier alpha value is -0.540. The summed E-state index contributed by atoms with van der Waals surface area (Å²) >= 11 is 0. The minimum Gasteiger partial charge on any atom is -0.394 e. The van der Waals surface area contributed by atoms with Crippen molar-refractivity contribution in [2.75, 3.05) is 6.61 Å². The van der Waals surface area contributed by atoms with Crippen LogP contribution in [0.5, 0.6) is 0 Å². The quantitative estimate of drug-likeness (QED) is 0.446. The monoisotopic (exact) mass is 400 g/mol. The van der Waals surface area contributed by atoms with Crippen molar-refractivity contribution in [3.63, 3.8) is 0 Å². The van der Waals surface area contributed by atoms with Gasteiger partial charge in [0.05, 0.1) is 18.3 Å². The normalized spacial score (nSPS) is 49.6. The lowest BCUT2D eigenvalue weighted by Gasteiger charge is -2.58. The van der Waals surface area contributed by atoms with Crippen molar-refractivity contribution in [3.05, 3.63) is 11.1 Å². The zero-order valence-corrected chi connectivity index (χ0v) is 17.3. The standard InChI is InChI=1S/C21H36O7/c1-11(2)12-5-7-20(3)14(9-12)21(4,8-6-15(20)23)28-19-18(26)17(25)16(24)13(10-22)27-19/h13-19,22-26H,5-10H2,1-4H3/t13-,14+,15+,16-,17+,18-,19+,20+,21+/m1/s1. The molecule has 0 bridgehead atoms. The maximum atomic E-state index is 10.8. The molecule has 7 nitrogen and oxygen atoms in total. The van der Waals surface area contributed by atoms with Crippen molar-refractivity contribution in [2.24, 2.45) is 11.3 Å². The predicted octanol–water partition coefficient (Wildman–Crippen LogP) is 0.859. The van der Waals surface area contributed by atoms with E-state index in [1.165, 1.54) is 11.1 Å². The minimum atomic E-state index is -1.46. The number of fused-ring (bicyclic) bond motifs is 1. The van der Waals surface area contributed by atoms with Crippen molar-refractivity contribution in [2.45, 2.75) is 102 Å². The summed E-state index contributed by atoms with van der Waals surface area (Å²) in [6.45, 7) is 7.82. The van der Waals surface area contributed by atoms with Gasteiger partial charge in [0.1, 0.15) is 24.4 Å². The second-order valence-electron chi connectivity index (χ2n) is 9.55. The maximum Gasteiger partial charge on any atom is 0.187 e. The van der Waals surface area contributed by atoms with Gasteiger partial charge in [-0.3, -0.25) is 0 Å².